The lowest BCUT2D eigenvalue weighted by Crippen LogP contribution is -1.92. The highest BCUT2D eigenvalue weighted by Gasteiger charge is 2.02. The fourth-order valence-corrected chi connectivity index (χ4v) is 1.71. The molecule has 0 atom stereocenters. The van der Waals surface area contributed by atoms with E-state index in [-0.39, 0.29) is 5.78 Å². The van der Waals surface area contributed by atoms with Crippen LogP contribution in [0.4, 0.5) is 0 Å². The minimum atomic E-state index is 0.0433. The molecule has 0 saturated heterocycles. The van der Waals surface area contributed by atoms with E-state index in [2.05, 4.69) is 6.92 Å². The topological polar surface area (TPSA) is 26.3 Å². The Kier molecular flexibility index (Phi) is 3.78. The number of aryl methyl sites for hydroxylation is 1. The van der Waals surface area contributed by atoms with Crippen LogP contribution < -0.4 is 4.74 Å². The maximum atomic E-state index is 11.3. The van der Waals surface area contributed by atoms with Gasteiger partial charge in [0.25, 0.3) is 0 Å². The average molecular weight is 240 g/mol. The van der Waals surface area contributed by atoms with Crippen molar-refractivity contribution in [3.8, 4) is 11.5 Å². The van der Waals surface area contributed by atoms with Crippen LogP contribution >= 0.6 is 0 Å². The molecule has 0 saturated carbocycles. The first-order valence-electron chi connectivity index (χ1n) is 6.07. The van der Waals surface area contributed by atoms with E-state index in [0.717, 1.165) is 12.2 Å². The molecule has 2 heteroatoms. The second-order valence-corrected chi connectivity index (χ2v) is 4.18. The Morgan fingerprint density at radius 2 is 1.78 bits per heavy atom. The number of carbonyl (C=O) groups excluding carboxylic acids is 1. The molecule has 2 aromatic rings. The molecule has 0 aliphatic rings. The van der Waals surface area contributed by atoms with E-state index in [9.17, 15) is 4.79 Å². The van der Waals surface area contributed by atoms with Crippen molar-refractivity contribution < 1.29 is 9.53 Å². The van der Waals surface area contributed by atoms with Crippen LogP contribution in [-0.2, 0) is 6.42 Å². The van der Waals surface area contributed by atoms with Gasteiger partial charge in [-0.1, -0.05) is 31.2 Å². The zero-order chi connectivity index (χ0) is 13.0. The van der Waals surface area contributed by atoms with E-state index in [4.69, 9.17) is 4.74 Å². The summed E-state index contributed by atoms with van der Waals surface area (Å²) < 4.78 is 5.72. The van der Waals surface area contributed by atoms with Crippen LogP contribution in [0.3, 0.4) is 0 Å². The zero-order valence-electron chi connectivity index (χ0n) is 10.6. The summed E-state index contributed by atoms with van der Waals surface area (Å²) in [5.74, 6) is 1.52. The van der Waals surface area contributed by atoms with Crippen molar-refractivity contribution >= 4 is 5.78 Å². The Balaban J connectivity index is 2.17. The van der Waals surface area contributed by atoms with Crippen molar-refractivity contribution in [1.29, 1.82) is 0 Å². The van der Waals surface area contributed by atoms with E-state index in [1.165, 1.54) is 5.56 Å². The van der Waals surface area contributed by atoms with Crippen LogP contribution in [0.5, 0.6) is 11.5 Å². The van der Waals surface area contributed by atoms with Gasteiger partial charge in [0, 0.05) is 5.56 Å². The summed E-state index contributed by atoms with van der Waals surface area (Å²) in [4.78, 5) is 11.3. The highest BCUT2D eigenvalue weighted by Crippen LogP contribution is 2.22. The van der Waals surface area contributed by atoms with E-state index >= 15 is 0 Å². The normalized spacial score (nSPS) is 10.1. The van der Waals surface area contributed by atoms with Gasteiger partial charge >= 0.3 is 0 Å². The van der Waals surface area contributed by atoms with Crippen LogP contribution in [0.2, 0.25) is 0 Å². The molecule has 2 nitrogen and oxygen atoms in total. The summed E-state index contributed by atoms with van der Waals surface area (Å²) >= 11 is 0. The number of ether oxygens (including phenoxy) is 1. The lowest BCUT2D eigenvalue weighted by Gasteiger charge is -2.07. The maximum Gasteiger partial charge on any atom is 0.159 e. The van der Waals surface area contributed by atoms with E-state index < -0.39 is 0 Å². The summed E-state index contributed by atoms with van der Waals surface area (Å²) in [5.41, 5.74) is 1.94. The van der Waals surface area contributed by atoms with E-state index in [1.54, 1.807) is 19.1 Å². The number of rotatable bonds is 4. The van der Waals surface area contributed by atoms with Crippen LogP contribution in [0.1, 0.15) is 29.8 Å². The van der Waals surface area contributed by atoms with Crippen molar-refractivity contribution in [2.45, 2.75) is 20.3 Å². The Labute approximate surface area is 107 Å². The summed E-state index contributed by atoms with van der Waals surface area (Å²) in [7, 11) is 0. The molecule has 2 aromatic carbocycles. The molecular formula is C16H16O2. The Bertz CT molecular complexity index is 541. The maximum absolute atomic E-state index is 11.3. The molecule has 0 spiro atoms. The molecule has 0 amide bonds. The third kappa shape index (κ3) is 2.98. The largest absolute Gasteiger partial charge is 0.457 e. The Morgan fingerprint density at radius 3 is 2.39 bits per heavy atom. The first-order chi connectivity index (χ1) is 8.69. The first-order valence-corrected chi connectivity index (χ1v) is 6.07. The van der Waals surface area contributed by atoms with Gasteiger partial charge in [0.15, 0.2) is 5.78 Å². The number of benzene rings is 2. The van der Waals surface area contributed by atoms with E-state index in [0.29, 0.717) is 11.3 Å². The quantitative estimate of drug-likeness (QED) is 0.747. The summed E-state index contributed by atoms with van der Waals surface area (Å²) in [6.07, 6.45) is 1.01. The van der Waals surface area contributed by atoms with Crippen molar-refractivity contribution in [1.82, 2.24) is 0 Å². The highest BCUT2D eigenvalue weighted by atomic mass is 16.5. The molecule has 92 valence electrons. The Hall–Kier alpha value is -2.09. The molecule has 0 heterocycles. The van der Waals surface area contributed by atoms with Crippen LogP contribution in [0.15, 0.2) is 48.5 Å². The SMILES string of the molecule is CCc1ccc(Oc2cccc(C(C)=O)c2)cc1. The summed E-state index contributed by atoms with van der Waals surface area (Å²) in [6, 6.07) is 15.2. The van der Waals surface area contributed by atoms with Gasteiger partial charge in [-0.15, -0.1) is 0 Å². The average Bonchev–Trinajstić information content (AvgIpc) is 2.40. The minimum absolute atomic E-state index is 0.0433. The molecule has 0 aromatic heterocycles. The van der Waals surface area contributed by atoms with Crippen LogP contribution in [-0.4, -0.2) is 5.78 Å². The van der Waals surface area contributed by atoms with Gasteiger partial charge in [-0.3, -0.25) is 4.79 Å². The standard InChI is InChI=1S/C16H16O2/c1-3-13-7-9-15(10-8-13)18-16-6-4-5-14(11-16)12(2)17/h4-11H,3H2,1-2H3. The van der Waals surface area contributed by atoms with Gasteiger partial charge in [0.2, 0.25) is 0 Å². The molecule has 18 heavy (non-hydrogen) atoms. The number of ketones is 1. The lowest BCUT2D eigenvalue weighted by molar-refractivity contribution is 0.101. The Morgan fingerprint density at radius 1 is 1.06 bits per heavy atom. The van der Waals surface area contributed by atoms with Gasteiger partial charge in [0.1, 0.15) is 11.5 Å². The molecule has 2 rings (SSSR count). The molecular weight excluding hydrogens is 224 g/mol. The summed E-state index contributed by atoms with van der Waals surface area (Å²) in [5, 5.41) is 0. The van der Waals surface area contributed by atoms with Crippen molar-refractivity contribution in [2.24, 2.45) is 0 Å². The van der Waals surface area contributed by atoms with Gasteiger partial charge in [-0.05, 0) is 43.2 Å². The van der Waals surface area contributed by atoms with Gasteiger partial charge in [-0.25, -0.2) is 0 Å². The van der Waals surface area contributed by atoms with Gasteiger partial charge in [0.05, 0.1) is 0 Å². The minimum Gasteiger partial charge on any atom is -0.457 e. The number of hydrogen-bond acceptors (Lipinski definition) is 2. The third-order valence-corrected chi connectivity index (χ3v) is 2.81. The fourth-order valence-electron chi connectivity index (χ4n) is 1.71. The number of Topliss-reactive ketones (excluding diaryl/α,β-unsaturated/α-hetero) is 1. The molecule has 0 aliphatic heterocycles. The second kappa shape index (κ2) is 5.50. The fraction of sp³-hybridized carbons (Fsp3) is 0.188. The molecule has 0 fully saturated rings. The van der Waals surface area contributed by atoms with Crippen molar-refractivity contribution in [2.75, 3.05) is 0 Å². The number of carbonyl (C=O) groups is 1. The smallest absolute Gasteiger partial charge is 0.159 e. The molecule has 0 aliphatic carbocycles. The third-order valence-electron chi connectivity index (χ3n) is 2.81. The first kappa shape index (κ1) is 12.4. The number of hydrogen-bond donors (Lipinski definition) is 0. The van der Waals surface area contributed by atoms with E-state index in [1.807, 2.05) is 36.4 Å². The molecule has 0 radical (unpaired) electrons. The van der Waals surface area contributed by atoms with Crippen LogP contribution in [0.25, 0.3) is 0 Å². The van der Waals surface area contributed by atoms with Crippen molar-refractivity contribution in [3.63, 3.8) is 0 Å². The zero-order valence-corrected chi connectivity index (χ0v) is 10.6. The predicted octanol–water partition coefficient (Wildman–Crippen LogP) is 4.24. The van der Waals surface area contributed by atoms with Gasteiger partial charge in [-0.2, -0.15) is 0 Å². The van der Waals surface area contributed by atoms with Crippen molar-refractivity contribution in [3.05, 3.63) is 59.7 Å². The summed E-state index contributed by atoms with van der Waals surface area (Å²) in [6.45, 7) is 3.67. The monoisotopic (exact) mass is 240 g/mol. The molecule has 0 bridgehead atoms. The van der Waals surface area contributed by atoms with Crippen LogP contribution in [0, 0.1) is 0 Å². The predicted molar refractivity (Wildman–Crippen MR) is 72.3 cm³/mol. The highest BCUT2D eigenvalue weighted by molar-refractivity contribution is 5.94. The van der Waals surface area contributed by atoms with Gasteiger partial charge < -0.3 is 4.74 Å². The molecule has 0 N–H and O–H groups in total. The molecule has 0 unspecified atom stereocenters. The lowest BCUT2D eigenvalue weighted by atomic mass is 10.1. The second-order valence-electron chi connectivity index (χ2n) is 4.18.